The van der Waals surface area contributed by atoms with Crippen LogP contribution in [0.25, 0.3) is 0 Å². The summed E-state index contributed by atoms with van der Waals surface area (Å²) in [6.45, 7) is 12.3. The second-order valence-electron chi connectivity index (χ2n) is 9.04. The molecule has 0 aliphatic carbocycles. The minimum atomic E-state index is -1.23. The predicted octanol–water partition coefficient (Wildman–Crippen LogP) is 2.36. The molecule has 0 radical (unpaired) electrons. The Hall–Kier alpha value is -2.00. The van der Waals surface area contributed by atoms with Gasteiger partial charge in [-0.3, -0.25) is 14.9 Å². The number of hydrogen-bond donors (Lipinski definition) is 4. The lowest BCUT2D eigenvalue weighted by atomic mass is 9.85. The largest absolute Gasteiger partial charge is 0.504 e. The van der Waals surface area contributed by atoms with Gasteiger partial charge in [-0.25, -0.2) is 0 Å². The lowest BCUT2D eigenvalue weighted by Crippen LogP contribution is -2.53. The van der Waals surface area contributed by atoms with Crippen LogP contribution in [0, 0.1) is 5.92 Å². The van der Waals surface area contributed by atoms with Gasteiger partial charge in [-0.05, 0) is 65.7 Å². The van der Waals surface area contributed by atoms with Gasteiger partial charge < -0.3 is 24.8 Å². The van der Waals surface area contributed by atoms with E-state index < -0.39 is 35.5 Å². The van der Waals surface area contributed by atoms with Gasteiger partial charge in [-0.1, -0.05) is 13.0 Å². The number of phenolic OH excluding ortho intramolecular Hbond substituents is 2. The van der Waals surface area contributed by atoms with Crippen LogP contribution in [-0.4, -0.2) is 70.0 Å². The predicted molar refractivity (Wildman–Crippen MR) is 122 cm³/mol. The molecule has 182 valence electrons. The van der Waals surface area contributed by atoms with E-state index in [1.165, 1.54) is 19.1 Å². The average Bonchev–Trinajstić information content (AvgIpc) is 2.72. The molecule has 4 N–H and O–H groups in total. The van der Waals surface area contributed by atoms with Crippen LogP contribution in [-0.2, 0) is 25.5 Å². The van der Waals surface area contributed by atoms with E-state index in [-0.39, 0.29) is 35.9 Å². The maximum Gasteiger partial charge on any atom is 0.178 e. The SMILES string of the molecule is COC(C)C(C)OC(C)(C)C(C)C(=O)C(C)NC(Cc1ccc(O)c(O)c1)C(=O)C(C)O. The van der Waals surface area contributed by atoms with Gasteiger partial charge >= 0.3 is 0 Å². The van der Waals surface area contributed by atoms with Crippen LogP contribution in [0.4, 0.5) is 0 Å². The van der Waals surface area contributed by atoms with E-state index in [2.05, 4.69) is 5.32 Å². The zero-order chi connectivity index (χ0) is 24.8. The lowest BCUT2D eigenvalue weighted by molar-refractivity contribution is -0.153. The number of nitrogens with one attached hydrogen (secondary N) is 1. The summed E-state index contributed by atoms with van der Waals surface area (Å²) in [5, 5.41) is 32.1. The summed E-state index contributed by atoms with van der Waals surface area (Å²) >= 11 is 0. The van der Waals surface area contributed by atoms with Crippen molar-refractivity contribution in [2.24, 2.45) is 5.92 Å². The molecule has 32 heavy (non-hydrogen) atoms. The molecular formula is C24H39NO7. The van der Waals surface area contributed by atoms with Gasteiger partial charge in [-0.15, -0.1) is 0 Å². The molecule has 0 aromatic heterocycles. The van der Waals surface area contributed by atoms with Crippen molar-refractivity contribution in [2.45, 2.75) is 90.9 Å². The molecule has 0 saturated carbocycles. The van der Waals surface area contributed by atoms with Gasteiger partial charge in [0.1, 0.15) is 6.10 Å². The van der Waals surface area contributed by atoms with Crippen LogP contribution in [0.1, 0.15) is 54.0 Å². The Labute approximate surface area is 190 Å². The molecule has 1 aromatic rings. The summed E-state index contributed by atoms with van der Waals surface area (Å²) in [5.74, 6) is -1.66. The maximum atomic E-state index is 13.2. The molecule has 1 aromatic carbocycles. The first-order valence-electron chi connectivity index (χ1n) is 10.9. The monoisotopic (exact) mass is 453 g/mol. The highest BCUT2D eigenvalue weighted by molar-refractivity contribution is 5.90. The van der Waals surface area contributed by atoms with Crippen LogP contribution < -0.4 is 5.32 Å². The van der Waals surface area contributed by atoms with E-state index in [9.17, 15) is 24.9 Å². The first kappa shape index (κ1) is 28.0. The topological polar surface area (TPSA) is 125 Å². The fraction of sp³-hybridized carbons (Fsp3) is 0.667. The molecule has 0 aliphatic rings. The van der Waals surface area contributed by atoms with E-state index in [1.54, 1.807) is 27.0 Å². The third kappa shape index (κ3) is 7.55. The molecule has 0 fully saturated rings. The van der Waals surface area contributed by atoms with Crippen molar-refractivity contribution < 1.29 is 34.4 Å². The highest BCUT2D eigenvalue weighted by Crippen LogP contribution is 2.27. The van der Waals surface area contributed by atoms with Crippen molar-refractivity contribution in [1.82, 2.24) is 5.32 Å². The Balaban J connectivity index is 2.97. The van der Waals surface area contributed by atoms with E-state index in [0.717, 1.165) is 0 Å². The molecule has 0 spiro atoms. The molecule has 8 heteroatoms. The number of aliphatic hydroxyl groups is 1. The summed E-state index contributed by atoms with van der Waals surface area (Å²) in [4.78, 5) is 25.8. The van der Waals surface area contributed by atoms with E-state index >= 15 is 0 Å². The van der Waals surface area contributed by atoms with E-state index in [0.29, 0.717) is 5.56 Å². The van der Waals surface area contributed by atoms with E-state index in [1.807, 2.05) is 27.7 Å². The smallest absolute Gasteiger partial charge is 0.178 e. The normalized spacial score (nSPS) is 17.8. The molecule has 0 aliphatic heterocycles. The molecule has 0 saturated heterocycles. The fourth-order valence-corrected chi connectivity index (χ4v) is 3.43. The van der Waals surface area contributed by atoms with Crippen molar-refractivity contribution in [2.75, 3.05) is 7.11 Å². The molecular weight excluding hydrogens is 414 g/mol. The zero-order valence-electron chi connectivity index (χ0n) is 20.4. The van der Waals surface area contributed by atoms with Crippen molar-refractivity contribution in [3.8, 4) is 11.5 Å². The number of Topliss-reactive ketones (excluding diaryl/α,β-unsaturated/α-hetero) is 2. The Kier molecular flexibility index (Phi) is 10.3. The second kappa shape index (κ2) is 11.7. The van der Waals surface area contributed by atoms with Crippen molar-refractivity contribution in [1.29, 1.82) is 0 Å². The van der Waals surface area contributed by atoms with E-state index in [4.69, 9.17) is 9.47 Å². The third-order valence-electron chi connectivity index (χ3n) is 6.10. The van der Waals surface area contributed by atoms with Gasteiger partial charge in [0.2, 0.25) is 0 Å². The Bertz CT molecular complexity index is 778. The number of rotatable bonds is 13. The van der Waals surface area contributed by atoms with Crippen LogP contribution >= 0.6 is 0 Å². The number of ketones is 2. The number of phenols is 2. The van der Waals surface area contributed by atoms with Crippen LogP contribution in [0.15, 0.2) is 18.2 Å². The standard InChI is InChI=1S/C24H39NO7/c1-13(24(6,7)32-17(5)16(4)31-8)22(29)14(2)25-19(23(30)15(3)26)11-18-9-10-20(27)21(28)12-18/h9-10,12-17,19,25-28H,11H2,1-8H3. The first-order valence-corrected chi connectivity index (χ1v) is 10.9. The minimum Gasteiger partial charge on any atom is -0.504 e. The molecule has 6 unspecified atom stereocenters. The van der Waals surface area contributed by atoms with Crippen molar-refractivity contribution >= 4 is 11.6 Å². The van der Waals surface area contributed by atoms with Gasteiger partial charge in [0.15, 0.2) is 23.1 Å². The quantitative estimate of drug-likeness (QED) is 0.336. The highest BCUT2D eigenvalue weighted by Gasteiger charge is 2.38. The molecule has 6 atom stereocenters. The summed E-state index contributed by atoms with van der Waals surface area (Å²) < 4.78 is 11.4. The maximum absolute atomic E-state index is 13.2. The lowest BCUT2D eigenvalue weighted by Gasteiger charge is -2.37. The Morgan fingerprint density at radius 3 is 2.09 bits per heavy atom. The summed E-state index contributed by atoms with van der Waals surface area (Å²) in [7, 11) is 1.60. The molecule has 0 heterocycles. The first-order chi connectivity index (χ1) is 14.7. The fourth-order valence-electron chi connectivity index (χ4n) is 3.43. The molecule has 1 rings (SSSR count). The Morgan fingerprint density at radius 2 is 1.59 bits per heavy atom. The van der Waals surface area contributed by atoms with Gasteiger partial charge in [0, 0.05) is 13.0 Å². The van der Waals surface area contributed by atoms with Crippen LogP contribution in [0.2, 0.25) is 0 Å². The molecule has 8 nitrogen and oxygen atoms in total. The number of hydrogen-bond acceptors (Lipinski definition) is 8. The highest BCUT2D eigenvalue weighted by atomic mass is 16.5. The number of carbonyl (C=O) groups is 2. The number of ether oxygens (including phenoxy) is 2. The zero-order valence-corrected chi connectivity index (χ0v) is 20.4. The molecule has 0 bridgehead atoms. The number of aliphatic hydroxyl groups excluding tert-OH is 1. The van der Waals surface area contributed by atoms with Gasteiger partial charge in [0.05, 0.1) is 29.9 Å². The Morgan fingerprint density at radius 1 is 1.00 bits per heavy atom. The van der Waals surface area contributed by atoms with Crippen LogP contribution in [0.3, 0.4) is 0 Å². The average molecular weight is 454 g/mol. The number of benzene rings is 1. The number of methoxy groups -OCH3 is 1. The molecule has 0 amide bonds. The summed E-state index contributed by atoms with van der Waals surface area (Å²) in [6, 6.07) is 2.70. The summed E-state index contributed by atoms with van der Waals surface area (Å²) in [6.07, 6.45) is -1.46. The second-order valence-corrected chi connectivity index (χ2v) is 9.04. The van der Waals surface area contributed by atoms with Crippen molar-refractivity contribution in [3.05, 3.63) is 23.8 Å². The van der Waals surface area contributed by atoms with Crippen molar-refractivity contribution in [3.63, 3.8) is 0 Å². The van der Waals surface area contributed by atoms with Crippen LogP contribution in [0.5, 0.6) is 11.5 Å². The summed E-state index contributed by atoms with van der Waals surface area (Å²) in [5.41, 5.74) is -0.197. The minimum absolute atomic E-state index is 0.131. The van der Waals surface area contributed by atoms with Gasteiger partial charge in [0.25, 0.3) is 0 Å². The third-order valence-corrected chi connectivity index (χ3v) is 6.10. The van der Waals surface area contributed by atoms with Gasteiger partial charge in [-0.2, -0.15) is 0 Å². The number of aromatic hydroxyl groups is 2. The number of carbonyl (C=O) groups excluding carboxylic acids is 2.